The molecule has 1 aliphatic rings. The van der Waals surface area contributed by atoms with Crippen molar-refractivity contribution in [2.75, 3.05) is 13.7 Å². The summed E-state index contributed by atoms with van der Waals surface area (Å²) in [5.41, 5.74) is 0. The lowest BCUT2D eigenvalue weighted by Crippen LogP contribution is -2.50. The van der Waals surface area contributed by atoms with E-state index in [2.05, 4.69) is 0 Å². The molecule has 0 bridgehead atoms. The Labute approximate surface area is 89.3 Å². The Balaban J connectivity index is 2.69. The van der Waals surface area contributed by atoms with E-state index in [0.29, 0.717) is 12.8 Å². The van der Waals surface area contributed by atoms with Gasteiger partial charge in [0.25, 0.3) is 0 Å². The number of rotatable bonds is 2. The van der Waals surface area contributed by atoms with Gasteiger partial charge in [0.15, 0.2) is 0 Å². The monoisotopic (exact) mass is 220 g/mol. The van der Waals surface area contributed by atoms with Gasteiger partial charge in [-0.1, -0.05) is 6.42 Å². The Bertz CT molecular complexity index is 169. The number of methoxy groups -OCH3 is 1. The van der Waals surface area contributed by atoms with Gasteiger partial charge in [-0.05, 0) is 12.8 Å². The first-order chi connectivity index (χ1) is 7.11. The van der Waals surface area contributed by atoms with Crippen molar-refractivity contribution in [1.82, 2.24) is 0 Å². The number of hydrogen-bond donors (Lipinski definition) is 4. The van der Waals surface area contributed by atoms with E-state index >= 15 is 0 Å². The second-order valence-electron chi connectivity index (χ2n) is 4.12. The molecule has 0 aromatic carbocycles. The Morgan fingerprint density at radius 2 is 1.73 bits per heavy atom. The maximum atomic E-state index is 9.71. The van der Waals surface area contributed by atoms with Crippen molar-refractivity contribution in [3.05, 3.63) is 0 Å². The van der Waals surface area contributed by atoms with Crippen molar-refractivity contribution in [2.45, 2.75) is 43.7 Å². The van der Waals surface area contributed by atoms with Crippen LogP contribution < -0.4 is 0 Å². The maximum absolute atomic E-state index is 9.71. The highest BCUT2D eigenvalue weighted by atomic mass is 16.5. The zero-order valence-electron chi connectivity index (χ0n) is 8.91. The highest BCUT2D eigenvalue weighted by Crippen LogP contribution is 2.24. The summed E-state index contributed by atoms with van der Waals surface area (Å²) in [6, 6.07) is 0. The molecule has 1 fully saturated rings. The molecule has 5 nitrogen and oxygen atoms in total. The SMILES string of the molecule is CO[C@H]1CCC[C@@H](CO)[C@H](O)[C@@H](O)[C@@H]1O. The van der Waals surface area contributed by atoms with E-state index < -0.39 is 24.4 Å². The zero-order valence-corrected chi connectivity index (χ0v) is 8.91. The molecule has 0 aliphatic heterocycles. The molecule has 4 N–H and O–H groups in total. The predicted molar refractivity (Wildman–Crippen MR) is 53.2 cm³/mol. The molecule has 0 unspecified atom stereocenters. The normalized spacial score (nSPS) is 43.4. The molecule has 0 amide bonds. The van der Waals surface area contributed by atoms with Gasteiger partial charge in [-0.3, -0.25) is 0 Å². The van der Waals surface area contributed by atoms with E-state index in [1.54, 1.807) is 0 Å². The van der Waals surface area contributed by atoms with Gasteiger partial charge >= 0.3 is 0 Å². The van der Waals surface area contributed by atoms with Crippen LogP contribution in [0.25, 0.3) is 0 Å². The first-order valence-electron chi connectivity index (χ1n) is 5.29. The van der Waals surface area contributed by atoms with Gasteiger partial charge in [-0.25, -0.2) is 0 Å². The van der Waals surface area contributed by atoms with Crippen LogP contribution in [0.4, 0.5) is 0 Å². The van der Waals surface area contributed by atoms with Crippen LogP contribution in [0.3, 0.4) is 0 Å². The number of hydrogen-bond acceptors (Lipinski definition) is 5. The van der Waals surface area contributed by atoms with Gasteiger partial charge in [0, 0.05) is 19.6 Å². The molecule has 1 rings (SSSR count). The summed E-state index contributed by atoms with van der Waals surface area (Å²) in [5, 5.41) is 38.1. The standard InChI is InChI=1S/C10H20O5/c1-15-7-4-2-3-6(5-11)8(12)10(14)9(7)13/h6-14H,2-5H2,1H3/t6-,7-,8-,9+,10+/m0/s1. The second-order valence-corrected chi connectivity index (χ2v) is 4.12. The van der Waals surface area contributed by atoms with Gasteiger partial charge in [0.1, 0.15) is 12.2 Å². The van der Waals surface area contributed by atoms with Gasteiger partial charge in [0.05, 0.1) is 12.2 Å². The fourth-order valence-electron chi connectivity index (χ4n) is 2.08. The minimum atomic E-state index is -1.26. The molecule has 0 aromatic rings. The largest absolute Gasteiger partial charge is 0.396 e. The Morgan fingerprint density at radius 1 is 1.07 bits per heavy atom. The maximum Gasteiger partial charge on any atom is 0.109 e. The van der Waals surface area contributed by atoms with Gasteiger partial charge < -0.3 is 25.2 Å². The van der Waals surface area contributed by atoms with Crippen molar-refractivity contribution in [3.63, 3.8) is 0 Å². The van der Waals surface area contributed by atoms with Crippen molar-refractivity contribution >= 4 is 0 Å². The molecule has 1 aliphatic carbocycles. The fourth-order valence-corrected chi connectivity index (χ4v) is 2.08. The number of aliphatic hydroxyl groups is 4. The summed E-state index contributed by atoms with van der Waals surface area (Å²) < 4.78 is 5.04. The summed E-state index contributed by atoms with van der Waals surface area (Å²) in [5.74, 6) is -0.368. The van der Waals surface area contributed by atoms with E-state index in [-0.39, 0.29) is 12.5 Å². The minimum Gasteiger partial charge on any atom is -0.396 e. The number of aliphatic hydroxyl groups excluding tert-OH is 4. The molecule has 1 saturated carbocycles. The lowest BCUT2D eigenvalue weighted by molar-refractivity contribution is -0.141. The Morgan fingerprint density at radius 3 is 2.27 bits per heavy atom. The summed E-state index contributed by atoms with van der Waals surface area (Å²) >= 11 is 0. The van der Waals surface area contributed by atoms with Crippen molar-refractivity contribution in [2.24, 2.45) is 5.92 Å². The van der Waals surface area contributed by atoms with Crippen LogP contribution in [-0.2, 0) is 4.74 Å². The van der Waals surface area contributed by atoms with Crippen LogP contribution in [0.2, 0.25) is 0 Å². The molecule has 0 spiro atoms. The molecule has 0 aromatic heterocycles. The molecule has 0 saturated heterocycles. The van der Waals surface area contributed by atoms with E-state index in [1.165, 1.54) is 7.11 Å². The average molecular weight is 220 g/mol. The molecular formula is C10H20O5. The molecule has 0 radical (unpaired) electrons. The number of ether oxygens (including phenoxy) is 1. The van der Waals surface area contributed by atoms with Crippen LogP contribution in [0, 0.1) is 5.92 Å². The first kappa shape index (κ1) is 12.9. The summed E-state index contributed by atoms with van der Waals surface area (Å²) in [6.45, 7) is -0.178. The lowest BCUT2D eigenvalue weighted by Gasteiger charge is -2.34. The molecule has 15 heavy (non-hydrogen) atoms. The van der Waals surface area contributed by atoms with E-state index in [4.69, 9.17) is 9.84 Å². The smallest absolute Gasteiger partial charge is 0.109 e. The molecular weight excluding hydrogens is 200 g/mol. The van der Waals surface area contributed by atoms with Crippen LogP contribution in [-0.4, -0.2) is 58.6 Å². The molecule has 0 heterocycles. The lowest BCUT2D eigenvalue weighted by atomic mass is 9.85. The molecule has 90 valence electrons. The highest BCUT2D eigenvalue weighted by molar-refractivity contribution is 4.87. The summed E-state index contributed by atoms with van der Waals surface area (Å²) in [4.78, 5) is 0. The van der Waals surface area contributed by atoms with Gasteiger partial charge in [0.2, 0.25) is 0 Å². The van der Waals surface area contributed by atoms with Crippen molar-refractivity contribution in [3.8, 4) is 0 Å². The van der Waals surface area contributed by atoms with Crippen LogP contribution in [0.1, 0.15) is 19.3 Å². The minimum absolute atomic E-state index is 0.178. The first-order valence-corrected chi connectivity index (χ1v) is 5.29. The van der Waals surface area contributed by atoms with Crippen LogP contribution in [0.5, 0.6) is 0 Å². The Hall–Kier alpha value is -0.200. The molecule has 5 heteroatoms. The zero-order chi connectivity index (χ0) is 11.4. The fraction of sp³-hybridized carbons (Fsp3) is 1.00. The van der Waals surface area contributed by atoms with E-state index in [9.17, 15) is 15.3 Å². The second kappa shape index (κ2) is 5.77. The molecule has 5 atom stereocenters. The summed E-state index contributed by atoms with van der Waals surface area (Å²) in [6.07, 6.45) is -1.90. The van der Waals surface area contributed by atoms with Crippen molar-refractivity contribution in [1.29, 1.82) is 0 Å². The topological polar surface area (TPSA) is 90.2 Å². The summed E-state index contributed by atoms with van der Waals surface area (Å²) in [7, 11) is 1.47. The Kier molecular flexibility index (Phi) is 4.95. The third kappa shape index (κ3) is 2.89. The van der Waals surface area contributed by atoms with Crippen molar-refractivity contribution < 1.29 is 25.2 Å². The average Bonchev–Trinajstić information content (AvgIpc) is 2.26. The predicted octanol–water partition coefficient (Wildman–Crippen LogP) is -1.12. The van der Waals surface area contributed by atoms with E-state index in [0.717, 1.165) is 6.42 Å². The highest BCUT2D eigenvalue weighted by Gasteiger charge is 2.37. The van der Waals surface area contributed by atoms with E-state index in [1.807, 2.05) is 0 Å². The third-order valence-corrected chi connectivity index (χ3v) is 3.16. The quantitative estimate of drug-likeness (QED) is 0.473. The van der Waals surface area contributed by atoms with Crippen LogP contribution >= 0.6 is 0 Å². The third-order valence-electron chi connectivity index (χ3n) is 3.16. The van der Waals surface area contributed by atoms with Crippen LogP contribution in [0.15, 0.2) is 0 Å². The van der Waals surface area contributed by atoms with Gasteiger partial charge in [-0.2, -0.15) is 0 Å². The van der Waals surface area contributed by atoms with Gasteiger partial charge in [-0.15, -0.1) is 0 Å².